The zero-order valence-electron chi connectivity index (χ0n) is 30.7. The minimum Gasteiger partial charge on any atom is -0.497 e. The summed E-state index contributed by atoms with van der Waals surface area (Å²) in [6.45, 7) is 6.63. The van der Waals surface area contributed by atoms with E-state index in [-0.39, 0.29) is 53.1 Å². The summed E-state index contributed by atoms with van der Waals surface area (Å²) in [6.07, 6.45) is 4.47. The van der Waals surface area contributed by atoms with Crippen LogP contribution in [-0.4, -0.2) is 81.4 Å². The molecule has 0 unspecified atom stereocenters. The third-order valence-electron chi connectivity index (χ3n) is 11.3. The smallest absolute Gasteiger partial charge is 0.263 e. The molecule has 3 saturated heterocycles. The van der Waals surface area contributed by atoms with Gasteiger partial charge in [0.05, 0.1) is 44.6 Å². The van der Waals surface area contributed by atoms with Crippen molar-refractivity contribution < 1.29 is 28.3 Å². The van der Waals surface area contributed by atoms with E-state index >= 15 is 4.39 Å². The van der Waals surface area contributed by atoms with Crippen molar-refractivity contribution >= 4 is 23.4 Å². The molecule has 3 aromatic carbocycles. The Labute approximate surface area is 312 Å². The highest BCUT2D eigenvalue weighted by Gasteiger charge is 2.46. The van der Waals surface area contributed by atoms with E-state index in [0.717, 1.165) is 50.0 Å². The monoisotopic (exact) mass is 734 g/mol. The number of aliphatic hydroxyl groups excluding tert-OH is 1. The molecule has 0 saturated carbocycles. The van der Waals surface area contributed by atoms with E-state index in [1.807, 2.05) is 50.2 Å². The molecule has 4 aliphatic heterocycles. The Bertz CT molecular complexity index is 2170. The standard InChI is InChI=1S/C40H43FN8O5/c1-39(2)32-27(36(51)49(39)22-25-10-11-26(52-3)20-31(25)53-4)12-13-29(33(32)41)44-38-42-21-28(34(45-38)43-30(23-50)24-8-6-5-7-9-24)35-46-37(47-54-35)40-14-17-48(18-15-40)19-16-40/h5-13,20-21,30,50H,14-19,22-23H2,1-4H3,(H2,42,43,44,45)/t30-/m1/s1. The molecule has 3 N–H and O–H groups in total. The van der Waals surface area contributed by atoms with Crippen LogP contribution in [0.2, 0.25) is 0 Å². The molecule has 5 aromatic rings. The highest BCUT2D eigenvalue weighted by Crippen LogP contribution is 2.45. The molecule has 0 aliphatic carbocycles. The number of methoxy groups -OCH3 is 2. The van der Waals surface area contributed by atoms with Crippen LogP contribution < -0.4 is 20.1 Å². The van der Waals surface area contributed by atoms with Gasteiger partial charge in [0.1, 0.15) is 22.9 Å². The average Bonchev–Trinajstić information content (AvgIpc) is 3.78. The number of piperidine rings is 3. The van der Waals surface area contributed by atoms with Crippen LogP contribution in [0.4, 0.5) is 21.8 Å². The summed E-state index contributed by atoms with van der Waals surface area (Å²) in [5, 5.41) is 21.3. The van der Waals surface area contributed by atoms with Gasteiger partial charge >= 0.3 is 0 Å². The topological polar surface area (TPSA) is 151 Å². The number of fused-ring (bicyclic) bond motifs is 4. The van der Waals surface area contributed by atoms with E-state index in [4.69, 9.17) is 24.0 Å². The van der Waals surface area contributed by atoms with Crippen LogP contribution in [0.3, 0.4) is 0 Å². The first kappa shape index (κ1) is 35.4. The molecule has 3 fully saturated rings. The number of aromatic nitrogens is 4. The molecule has 2 bridgehead atoms. The van der Waals surface area contributed by atoms with Gasteiger partial charge in [-0.1, -0.05) is 35.5 Å². The van der Waals surface area contributed by atoms with Crippen LogP contribution in [0, 0.1) is 5.82 Å². The van der Waals surface area contributed by atoms with Crippen molar-refractivity contribution in [2.24, 2.45) is 0 Å². The van der Waals surface area contributed by atoms with Gasteiger partial charge in [-0.25, -0.2) is 9.37 Å². The number of hydrogen-bond donors (Lipinski definition) is 3. The Kier molecular flexibility index (Phi) is 9.18. The maximum absolute atomic E-state index is 16.6. The van der Waals surface area contributed by atoms with Crippen LogP contribution in [-0.2, 0) is 17.5 Å². The van der Waals surface area contributed by atoms with Crippen LogP contribution in [0.25, 0.3) is 11.5 Å². The maximum Gasteiger partial charge on any atom is 0.263 e. The third-order valence-corrected chi connectivity index (χ3v) is 11.3. The van der Waals surface area contributed by atoms with Crippen LogP contribution in [0.1, 0.15) is 72.0 Å². The molecule has 9 rings (SSSR count). The summed E-state index contributed by atoms with van der Waals surface area (Å²) in [4.78, 5) is 32.1. The zero-order chi connectivity index (χ0) is 37.6. The Morgan fingerprint density at radius 3 is 2.44 bits per heavy atom. The predicted molar refractivity (Wildman–Crippen MR) is 199 cm³/mol. The first-order chi connectivity index (χ1) is 26.1. The fraction of sp³-hybridized carbons (Fsp3) is 0.375. The van der Waals surface area contributed by atoms with Crippen molar-refractivity contribution in [2.75, 3.05) is 51.1 Å². The number of carbonyl (C=O) groups is 1. The highest BCUT2D eigenvalue weighted by atomic mass is 19.1. The number of carbonyl (C=O) groups excluding carboxylic acids is 1. The number of nitrogens with zero attached hydrogens (tertiary/aromatic N) is 6. The third kappa shape index (κ3) is 6.18. The number of halogens is 1. The molecule has 4 aliphatic rings. The molecular formula is C40H43FN8O5. The lowest BCUT2D eigenvalue weighted by atomic mass is 9.71. The molecule has 0 spiro atoms. The van der Waals surface area contributed by atoms with Gasteiger partial charge in [-0.2, -0.15) is 9.97 Å². The number of amides is 1. The van der Waals surface area contributed by atoms with E-state index in [0.29, 0.717) is 28.7 Å². The van der Waals surface area contributed by atoms with E-state index in [2.05, 4.69) is 25.7 Å². The molecule has 1 amide bonds. The summed E-state index contributed by atoms with van der Waals surface area (Å²) >= 11 is 0. The zero-order valence-corrected chi connectivity index (χ0v) is 30.7. The lowest BCUT2D eigenvalue weighted by Crippen LogP contribution is -2.51. The highest BCUT2D eigenvalue weighted by molar-refractivity contribution is 6.00. The van der Waals surface area contributed by atoms with Gasteiger partial charge in [0.15, 0.2) is 11.6 Å². The number of aliphatic hydroxyl groups is 1. The normalized spacial score (nSPS) is 20.4. The number of ether oxygens (including phenoxy) is 2. The second kappa shape index (κ2) is 14.0. The van der Waals surface area contributed by atoms with Crippen molar-refractivity contribution in [3.05, 3.63) is 101 Å². The summed E-state index contributed by atoms with van der Waals surface area (Å²) in [5.74, 6) is 1.65. The SMILES string of the molecule is COc1ccc(CN2C(=O)c3ccc(Nc4ncc(-c5nc(C67CCN(CC6)CC7)no5)c(N[C@H](CO)c5ccccc5)n4)c(F)c3C2(C)C)c(OC)c1. The summed E-state index contributed by atoms with van der Waals surface area (Å²) in [7, 11) is 3.13. The largest absolute Gasteiger partial charge is 0.497 e. The maximum atomic E-state index is 16.6. The second-order valence-corrected chi connectivity index (χ2v) is 14.6. The van der Waals surface area contributed by atoms with E-state index < -0.39 is 17.4 Å². The summed E-state index contributed by atoms with van der Waals surface area (Å²) < 4.78 is 33.4. The molecular weight excluding hydrogens is 691 g/mol. The molecule has 14 heteroatoms. The molecule has 280 valence electrons. The second-order valence-electron chi connectivity index (χ2n) is 14.6. The quantitative estimate of drug-likeness (QED) is 0.134. The van der Waals surface area contributed by atoms with Crippen molar-refractivity contribution in [3.63, 3.8) is 0 Å². The van der Waals surface area contributed by atoms with Crippen molar-refractivity contribution in [3.8, 4) is 23.0 Å². The van der Waals surface area contributed by atoms with E-state index in [1.54, 1.807) is 43.5 Å². The number of hydrogen-bond acceptors (Lipinski definition) is 12. The number of anilines is 3. The van der Waals surface area contributed by atoms with Crippen LogP contribution in [0.5, 0.6) is 11.5 Å². The molecule has 1 atom stereocenters. The fourth-order valence-electron chi connectivity index (χ4n) is 8.03. The number of rotatable bonds is 12. The van der Waals surface area contributed by atoms with E-state index in [1.165, 1.54) is 6.07 Å². The Morgan fingerprint density at radius 2 is 1.74 bits per heavy atom. The summed E-state index contributed by atoms with van der Waals surface area (Å²) in [5.41, 5.74) is 1.55. The first-order valence-corrected chi connectivity index (χ1v) is 18.1. The lowest BCUT2D eigenvalue weighted by molar-refractivity contribution is 0.0590. The van der Waals surface area contributed by atoms with Crippen molar-refractivity contribution in [1.82, 2.24) is 29.9 Å². The lowest BCUT2D eigenvalue weighted by Gasteiger charge is -2.46. The molecule has 6 heterocycles. The molecule has 0 radical (unpaired) electrons. The van der Waals surface area contributed by atoms with Crippen LogP contribution >= 0.6 is 0 Å². The van der Waals surface area contributed by atoms with Crippen molar-refractivity contribution in [2.45, 2.75) is 56.7 Å². The van der Waals surface area contributed by atoms with Gasteiger partial charge in [0.25, 0.3) is 11.8 Å². The Hall–Kier alpha value is -5.60. The fourth-order valence-corrected chi connectivity index (χ4v) is 8.03. The summed E-state index contributed by atoms with van der Waals surface area (Å²) in [6, 6.07) is 17.5. The minimum absolute atomic E-state index is 0.0878. The van der Waals surface area contributed by atoms with E-state index in [9.17, 15) is 9.90 Å². The minimum atomic E-state index is -1.01. The van der Waals surface area contributed by atoms with Gasteiger partial charge in [-0.15, -0.1) is 0 Å². The Balaban J connectivity index is 1.11. The number of benzene rings is 3. The van der Waals surface area contributed by atoms with Crippen molar-refractivity contribution in [1.29, 1.82) is 0 Å². The molecule has 2 aromatic heterocycles. The van der Waals surface area contributed by atoms with Crippen LogP contribution in [0.15, 0.2) is 71.4 Å². The Morgan fingerprint density at radius 1 is 0.981 bits per heavy atom. The molecule has 13 nitrogen and oxygen atoms in total. The first-order valence-electron chi connectivity index (χ1n) is 18.1. The molecule has 54 heavy (non-hydrogen) atoms. The van der Waals surface area contributed by atoms with Gasteiger partial charge in [-0.05, 0) is 82.6 Å². The van der Waals surface area contributed by atoms with Gasteiger partial charge in [-0.3, -0.25) is 4.79 Å². The average molecular weight is 735 g/mol. The van der Waals surface area contributed by atoms with Gasteiger partial charge < -0.3 is 39.5 Å². The number of nitrogens with one attached hydrogen (secondary N) is 2. The van der Waals surface area contributed by atoms with Gasteiger partial charge in [0.2, 0.25) is 5.95 Å². The van der Waals surface area contributed by atoms with Gasteiger partial charge in [0, 0.05) is 34.4 Å². The predicted octanol–water partition coefficient (Wildman–Crippen LogP) is 6.20.